The summed E-state index contributed by atoms with van der Waals surface area (Å²) in [4.78, 5) is 17.3. The quantitative estimate of drug-likeness (QED) is 0.267. The van der Waals surface area contributed by atoms with E-state index < -0.39 is 0 Å². The van der Waals surface area contributed by atoms with Gasteiger partial charge in [0.05, 0.1) is 24.2 Å². The van der Waals surface area contributed by atoms with Gasteiger partial charge in [0.1, 0.15) is 17.3 Å². The number of para-hydroxylation sites is 2. The van der Waals surface area contributed by atoms with E-state index in [1.54, 1.807) is 0 Å². The van der Waals surface area contributed by atoms with Crippen LogP contribution in [0, 0.1) is 13.8 Å². The molecule has 0 aliphatic heterocycles. The summed E-state index contributed by atoms with van der Waals surface area (Å²) in [6, 6.07) is 22.3. The van der Waals surface area contributed by atoms with Crippen molar-refractivity contribution in [2.45, 2.75) is 59.5 Å². The number of carbonyl (C=O) groups is 1. The summed E-state index contributed by atoms with van der Waals surface area (Å²) >= 11 is 0. The highest BCUT2D eigenvalue weighted by atomic mass is 16.5. The summed E-state index contributed by atoms with van der Waals surface area (Å²) in [7, 11) is 0. The fourth-order valence-corrected chi connectivity index (χ4v) is 4.21. The monoisotopic (exact) mass is 499 g/mol. The molecule has 0 spiro atoms. The van der Waals surface area contributed by atoms with Crippen molar-refractivity contribution in [2.24, 2.45) is 0 Å². The number of amides is 1. The van der Waals surface area contributed by atoms with Crippen LogP contribution in [-0.2, 0) is 23.3 Å². The lowest BCUT2D eigenvalue weighted by Crippen LogP contribution is -2.29. The molecule has 0 saturated carbocycles. The summed E-state index contributed by atoms with van der Waals surface area (Å²) < 4.78 is 13.9. The standard InChI is InChI=1S/C31H37N3O3/c1-22-11-12-23(2)28(19-22)37-21-30(35)32-20-29-33-26-9-6-7-10-27(26)34(29)17-8-18-36-25-15-13-24(14-16-25)31(3,4)5/h6-7,9-16,19H,8,17-18,20-21H2,1-5H3,(H,32,35). The lowest BCUT2D eigenvalue weighted by Gasteiger charge is -2.19. The zero-order chi connectivity index (χ0) is 26.4. The van der Waals surface area contributed by atoms with Crippen LogP contribution >= 0.6 is 0 Å². The van der Waals surface area contributed by atoms with Crippen molar-refractivity contribution in [1.82, 2.24) is 14.9 Å². The number of rotatable bonds is 10. The first-order valence-electron chi connectivity index (χ1n) is 12.8. The molecule has 1 N–H and O–H groups in total. The number of nitrogens with one attached hydrogen (secondary N) is 1. The molecule has 0 radical (unpaired) electrons. The van der Waals surface area contributed by atoms with Gasteiger partial charge in [-0.2, -0.15) is 0 Å². The van der Waals surface area contributed by atoms with Crippen LogP contribution in [-0.4, -0.2) is 28.7 Å². The summed E-state index contributed by atoms with van der Waals surface area (Å²) in [5.74, 6) is 2.24. The van der Waals surface area contributed by atoms with Gasteiger partial charge in [-0.3, -0.25) is 4.79 Å². The molecule has 37 heavy (non-hydrogen) atoms. The van der Waals surface area contributed by atoms with Crippen LogP contribution in [0.1, 0.15) is 49.7 Å². The molecule has 0 saturated heterocycles. The van der Waals surface area contributed by atoms with E-state index in [4.69, 9.17) is 14.5 Å². The minimum atomic E-state index is -0.179. The maximum atomic E-state index is 12.5. The number of carbonyl (C=O) groups excluding carboxylic acids is 1. The lowest BCUT2D eigenvalue weighted by atomic mass is 9.87. The normalized spacial score (nSPS) is 11.5. The van der Waals surface area contributed by atoms with Crippen molar-refractivity contribution in [1.29, 1.82) is 0 Å². The molecular formula is C31H37N3O3. The van der Waals surface area contributed by atoms with Gasteiger partial charge in [-0.25, -0.2) is 4.98 Å². The van der Waals surface area contributed by atoms with Crippen LogP contribution < -0.4 is 14.8 Å². The first kappa shape index (κ1) is 26.3. The number of aromatic nitrogens is 2. The Morgan fingerprint density at radius 1 is 0.973 bits per heavy atom. The Kier molecular flexibility index (Phi) is 8.17. The summed E-state index contributed by atoms with van der Waals surface area (Å²) in [6.07, 6.45) is 0.818. The Bertz CT molecular complexity index is 1350. The third-order valence-corrected chi connectivity index (χ3v) is 6.39. The minimum Gasteiger partial charge on any atom is -0.494 e. The third kappa shape index (κ3) is 6.91. The van der Waals surface area contributed by atoms with Crippen molar-refractivity contribution in [2.75, 3.05) is 13.2 Å². The Balaban J connectivity index is 1.33. The molecule has 1 amide bonds. The smallest absolute Gasteiger partial charge is 0.258 e. The van der Waals surface area contributed by atoms with E-state index in [0.717, 1.165) is 52.4 Å². The predicted octanol–water partition coefficient (Wildman–Crippen LogP) is 6.11. The number of aryl methyl sites for hydroxylation is 3. The predicted molar refractivity (Wildman–Crippen MR) is 148 cm³/mol. The van der Waals surface area contributed by atoms with Crippen LogP contribution in [0.25, 0.3) is 11.0 Å². The lowest BCUT2D eigenvalue weighted by molar-refractivity contribution is -0.123. The van der Waals surface area contributed by atoms with Gasteiger partial charge in [-0.15, -0.1) is 0 Å². The summed E-state index contributed by atoms with van der Waals surface area (Å²) in [5.41, 5.74) is 5.48. The molecule has 194 valence electrons. The summed E-state index contributed by atoms with van der Waals surface area (Å²) in [5, 5.41) is 2.96. The second kappa shape index (κ2) is 11.5. The zero-order valence-electron chi connectivity index (χ0n) is 22.5. The van der Waals surface area contributed by atoms with Crippen LogP contribution in [0.5, 0.6) is 11.5 Å². The molecule has 3 aromatic carbocycles. The molecule has 6 heteroatoms. The fraction of sp³-hybridized carbons (Fsp3) is 0.355. The van der Waals surface area contributed by atoms with Crippen LogP contribution in [0.3, 0.4) is 0 Å². The molecular weight excluding hydrogens is 462 g/mol. The van der Waals surface area contributed by atoms with Gasteiger partial charge in [0, 0.05) is 6.54 Å². The van der Waals surface area contributed by atoms with Gasteiger partial charge in [0.25, 0.3) is 5.91 Å². The topological polar surface area (TPSA) is 65.4 Å². The molecule has 0 atom stereocenters. The van der Waals surface area contributed by atoms with Crippen molar-refractivity contribution < 1.29 is 14.3 Å². The Labute approximate surface area is 219 Å². The van der Waals surface area contributed by atoms with E-state index in [2.05, 4.69) is 48.9 Å². The molecule has 1 heterocycles. The first-order chi connectivity index (χ1) is 17.7. The van der Waals surface area contributed by atoms with E-state index in [9.17, 15) is 4.79 Å². The molecule has 0 unspecified atom stereocenters. The van der Waals surface area contributed by atoms with Crippen molar-refractivity contribution in [3.05, 3.63) is 89.2 Å². The number of hydrogen-bond donors (Lipinski definition) is 1. The van der Waals surface area contributed by atoms with Crippen molar-refractivity contribution in [3.63, 3.8) is 0 Å². The van der Waals surface area contributed by atoms with Gasteiger partial charge in [0.2, 0.25) is 0 Å². The van der Waals surface area contributed by atoms with Gasteiger partial charge in [-0.05, 0) is 72.7 Å². The highest BCUT2D eigenvalue weighted by molar-refractivity contribution is 5.78. The van der Waals surface area contributed by atoms with Crippen LogP contribution in [0.4, 0.5) is 0 Å². The SMILES string of the molecule is Cc1ccc(C)c(OCC(=O)NCc2nc3ccccc3n2CCCOc2ccc(C(C)(C)C)cc2)c1. The van der Waals surface area contributed by atoms with Crippen LogP contribution in [0.2, 0.25) is 0 Å². The second-order valence-electron chi connectivity index (χ2n) is 10.5. The molecule has 4 rings (SSSR count). The number of fused-ring (bicyclic) bond motifs is 1. The van der Waals surface area contributed by atoms with Crippen molar-refractivity contribution in [3.8, 4) is 11.5 Å². The third-order valence-electron chi connectivity index (χ3n) is 6.39. The van der Waals surface area contributed by atoms with Crippen molar-refractivity contribution >= 4 is 16.9 Å². The second-order valence-corrected chi connectivity index (χ2v) is 10.5. The number of imidazole rings is 1. The number of benzene rings is 3. The molecule has 1 aromatic heterocycles. The van der Waals surface area contributed by atoms with Gasteiger partial charge < -0.3 is 19.4 Å². The molecule has 0 bridgehead atoms. The molecule has 0 aliphatic carbocycles. The molecule has 4 aromatic rings. The highest BCUT2D eigenvalue weighted by Crippen LogP contribution is 2.24. The Morgan fingerprint density at radius 3 is 2.49 bits per heavy atom. The highest BCUT2D eigenvalue weighted by Gasteiger charge is 2.14. The van der Waals surface area contributed by atoms with E-state index in [1.807, 2.05) is 62.4 Å². The Hall–Kier alpha value is -3.80. The van der Waals surface area contributed by atoms with E-state index in [1.165, 1.54) is 5.56 Å². The van der Waals surface area contributed by atoms with Gasteiger partial charge in [0.15, 0.2) is 6.61 Å². The summed E-state index contributed by atoms with van der Waals surface area (Å²) in [6.45, 7) is 12.2. The first-order valence-corrected chi connectivity index (χ1v) is 12.8. The van der Waals surface area contributed by atoms with E-state index in [0.29, 0.717) is 13.2 Å². The minimum absolute atomic E-state index is 0.0354. The average Bonchev–Trinajstić information content (AvgIpc) is 3.23. The maximum absolute atomic E-state index is 12.5. The number of nitrogens with zero attached hydrogens (tertiary/aromatic N) is 2. The maximum Gasteiger partial charge on any atom is 0.258 e. The van der Waals surface area contributed by atoms with E-state index >= 15 is 0 Å². The zero-order valence-corrected chi connectivity index (χ0v) is 22.5. The molecule has 0 fully saturated rings. The molecule has 6 nitrogen and oxygen atoms in total. The number of ether oxygens (including phenoxy) is 2. The fourth-order valence-electron chi connectivity index (χ4n) is 4.21. The van der Waals surface area contributed by atoms with E-state index in [-0.39, 0.29) is 17.9 Å². The Morgan fingerprint density at radius 2 is 1.73 bits per heavy atom. The molecule has 0 aliphatic rings. The van der Waals surface area contributed by atoms with Gasteiger partial charge in [-0.1, -0.05) is 57.2 Å². The largest absolute Gasteiger partial charge is 0.494 e. The number of hydrogen-bond acceptors (Lipinski definition) is 4. The average molecular weight is 500 g/mol. The van der Waals surface area contributed by atoms with Gasteiger partial charge >= 0.3 is 0 Å². The van der Waals surface area contributed by atoms with Crippen LogP contribution in [0.15, 0.2) is 66.7 Å².